The lowest BCUT2D eigenvalue weighted by Gasteiger charge is -2.24. The number of sulfonamides is 1. The third-order valence-electron chi connectivity index (χ3n) is 4.72. The normalized spacial score (nSPS) is 27.3. The van der Waals surface area contributed by atoms with E-state index in [1.165, 1.54) is 11.4 Å². The minimum Gasteiger partial charge on any atom is -0.481 e. The van der Waals surface area contributed by atoms with E-state index < -0.39 is 27.2 Å². The third kappa shape index (κ3) is 2.57. The highest BCUT2D eigenvalue weighted by Gasteiger charge is 2.59. The van der Waals surface area contributed by atoms with Crippen LogP contribution in [0.2, 0.25) is 0 Å². The zero-order valence-electron chi connectivity index (χ0n) is 13.2. The number of carboxylic acid groups (broad SMARTS) is 1. The molecule has 1 aromatic heterocycles. The fraction of sp³-hybridized carbons (Fsp3) is 0.615. The fourth-order valence-corrected chi connectivity index (χ4v) is 4.33. The van der Waals surface area contributed by atoms with E-state index in [2.05, 4.69) is 15.3 Å². The number of aromatic nitrogens is 2. The van der Waals surface area contributed by atoms with Gasteiger partial charge in [0.2, 0.25) is 16.0 Å². The SMILES string of the molecule is CNc1nc(N2C[C@@H]3CN(S(C)(=O)=O)C[C@]3(C(=O)O)C2)ncc1F. The molecule has 2 saturated heterocycles. The molecule has 2 aliphatic rings. The van der Waals surface area contributed by atoms with E-state index in [1.807, 2.05) is 0 Å². The maximum Gasteiger partial charge on any atom is 0.313 e. The van der Waals surface area contributed by atoms with Crippen molar-refractivity contribution in [1.82, 2.24) is 14.3 Å². The van der Waals surface area contributed by atoms with E-state index in [1.54, 1.807) is 4.90 Å². The summed E-state index contributed by atoms with van der Waals surface area (Å²) in [6.07, 6.45) is 2.10. The Morgan fingerprint density at radius 3 is 2.71 bits per heavy atom. The first-order chi connectivity index (χ1) is 11.2. The topological polar surface area (TPSA) is 116 Å². The fourth-order valence-electron chi connectivity index (χ4n) is 3.41. The van der Waals surface area contributed by atoms with E-state index >= 15 is 0 Å². The van der Waals surface area contributed by atoms with E-state index in [0.717, 1.165) is 12.5 Å². The molecule has 0 spiro atoms. The van der Waals surface area contributed by atoms with Crippen LogP contribution in [0.5, 0.6) is 0 Å². The van der Waals surface area contributed by atoms with Crippen LogP contribution in [0.3, 0.4) is 0 Å². The molecule has 2 fully saturated rings. The highest BCUT2D eigenvalue weighted by atomic mass is 32.2. The average Bonchev–Trinajstić information content (AvgIpc) is 3.02. The summed E-state index contributed by atoms with van der Waals surface area (Å²) in [6, 6.07) is 0. The summed E-state index contributed by atoms with van der Waals surface area (Å²) < 4.78 is 38.2. The van der Waals surface area contributed by atoms with Crippen molar-refractivity contribution in [3.05, 3.63) is 12.0 Å². The zero-order valence-corrected chi connectivity index (χ0v) is 14.0. The molecule has 1 aromatic rings. The lowest BCUT2D eigenvalue weighted by molar-refractivity contribution is -0.148. The molecular formula is C13H18FN5O4S. The molecule has 24 heavy (non-hydrogen) atoms. The van der Waals surface area contributed by atoms with Crippen molar-refractivity contribution < 1.29 is 22.7 Å². The number of anilines is 2. The van der Waals surface area contributed by atoms with Gasteiger partial charge in [-0.05, 0) is 0 Å². The first-order valence-electron chi connectivity index (χ1n) is 7.31. The van der Waals surface area contributed by atoms with Crippen molar-refractivity contribution in [3.63, 3.8) is 0 Å². The number of carbonyl (C=O) groups is 1. The summed E-state index contributed by atoms with van der Waals surface area (Å²) in [6.45, 7) is 0.436. The van der Waals surface area contributed by atoms with Crippen LogP contribution in [0.25, 0.3) is 0 Å². The van der Waals surface area contributed by atoms with Gasteiger partial charge in [0, 0.05) is 39.1 Å². The molecule has 0 radical (unpaired) electrons. The summed E-state index contributed by atoms with van der Waals surface area (Å²) >= 11 is 0. The third-order valence-corrected chi connectivity index (χ3v) is 5.94. The van der Waals surface area contributed by atoms with Crippen molar-refractivity contribution >= 4 is 27.8 Å². The molecule has 0 aliphatic carbocycles. The number of fused-ring (bicyclic) bond motifs is 1. The van der Waals surface area contributed by atoms with E-state index in [4.69, 9.17) is 0 Å². The van der Waals surface area contributed by atoms with Crippen LogP contribution < -0.4 is 10.2 Å². The van der Waals surface area contributed by atoms with Gasteiger partial charge in [0.25, 0.3) is 0 Å². The summed E-state index contributed by atoms with van der Waals surface area (Å²) in [4.78, 5) is 21.5. The molecule has 0 amide bonds. The zero-order chi connectivity index (χ0) is 17.7. The number of hydrogen-bond donors (Lipinski definition) is 2. The number of carboxylic acids is 1. The lowest BCUT2D eigenvalue weighted by Crippen LogP contribution is -2.42. The summed E-state index contributed by atoms with van der Waals surface area (Å²) in [5.74, 6) is -1.77. The molecule has 2 N–H and O–H groups in total. The Kier molecular flexibility index (Phi) is 3.87. The molecule has 2 aliphatic heterocycles. The van der Waals surface area contributed by atoms with Gasteiger partial charge in [-0.15, -0.1) is 0 Å². The van der Waals surface area contributed by atoms with Crippen LogP contribution in [-0.2, 0) is 14.8 Å². The van der Waals surface area contributed by atoms with Crippen LogP contribution >= 0.6 is 0 Å². The Morgan fingerprint density at radius 2 is 2.17 bits per heavy atom. The Bertz CT molecular complexity index is 789. The lowest BCUT2D eigenvalue weighted by atomic mass is 9.81. The largest absolute Gasteiger partial charge is 0.481 e. The molecule has 0 unspecified atom stereocenters. The molecule has 9 nitrogen and oxygen atoms in total. The number of nitrogens with one attached hydrogen (secondary N) is 1. The molecule has 0 bridgehead atoms. The molecule has 3 heterocycles. The van der Waals surface area contributed by atoms with E-state index in [9.17, 15) is 22.7 Å². The predicted octanol–water partition coefficient (Wildman–Crippen LogP) is -0.560. The molecule has 2 atom stereocenters. The van der Waals surface area contributed by atoms with Crippen LogP contribution in [0, 0.1) is 17.2 Å². The second-order valence-electron chi connectivity index (χ2n) is 6.21. The van der Waals surface area contributed by atoms with Crippen LogP contribution in [0.15, 0.2) is 6.20 Å². The van der Waals surface area contributed by atoms with Crippen molar-refractivity contribution in [2.24, 2.45) is 11.3 Å². The maximum atomic E-state index is 13.5. The highest BCUT2D eigenvalue weighted by molar-refractivity contribution is 7.88. The van der Waals surface area contributed by atoms with Crippen molar-refractivity contribution in [1.29, 1.82) is 0 Å². The van der Waals surface area contributed by atoms with Gasteiger partial charge in [-0.25, -0.2) is 22.1 Å². The Balaban J connectivity index is 1.90. The smallest absolute Gasteiger partial charge is 0.313 e. The molecule has 3 rings (SSSR count). The van der Waals surface area contributed by atoms with Gasteiger partial charge in [0.05, 0.1) is 12.5 Å². The number of nitrogens with zero attached hydrogens (tertiary/aromatic N) is 4. The second kappa shape index (κ2) is 5.52. The van der Waals surface area contributed by atoms with Gasteiger partial charge < -0.3 is 15.3 Å². The Labute approximate surface area is 138 Å². The molecular weight excluding hydrogens is 341 g/mol. The number of rotatable bonds is 4. The molecule has 0 aromatic carbocycles. The predicted molar refractivity (Wildman–Crippen MR) is 83.7 cm³/mol. The Hall–Kier alpha value is -2.01. The summed E-state index contributed by atoms with van der Waals surface area (Å²) in [5.41, 5.74) is -1.21. The average molecular weight is 359 g/mol. The van der Waals surface area contributed by atoms with Crippen LogP contribution in [0.1, 0.15) is 0 Å². The quantitative estimate of drug-likeness (QED) is 0.735. The number of halogens is 1. The van der Waals surface area contributed by atoms with Crippen molar-refractivity contribution in [2.75, 3.05) is 49.7 Å². The van der Waals surface area contributed by atoms with Crippen LogP contribution in [-0.4, -0.2) is 73.2 Å². The highest BCUT2D eigenvalue weighted by Crippen LogP contribution is 2.44. The van der Waals surface area contributed by atoms with Gasteiger partial charge in [-0.3, -0.25) is 4.79 Å². The van der Waals surface area contributed by atoms with Gasteiger partial charge in [0.15, 0.2) is 11.6 Å². The molecule has 0 saturated carbocycles. The monoisotopic (exact) mass is 359 g/mol. The standard InChI is InChI=1S/C13H18FN5O4S/c1-15-10-9(14)3-16-12(17-10)18-4-8-5-19(24(2,22)23)7-13(8,6-18)11(20)21/h3,8H,4-7H2,1-2H3,(H,20,21)(H,15,16,17)/t8-,13-/m1/s1. The number of hydrogen-bond acceptors (Lipinski definition) is 7. The van der Waals surface area contributed by atoms with E-state index in [-0.39, 0.29) is 37.3 Å². The van der Waals surface area contributed by atoms with Gasteiger partial charge in [0.1, 0.15) is 5.41 Å². The van der Waals surface area contributed by atoms with Crippen molar-refractivity contribution in [3.8, 4) is 0 Å². The second-order valence-corrected chi connectivity index (χ2v) is 8.19. The maximum absolute atomic E-state index is 13.5. The van der Waals surface area contributed by atoms with Crippen LogP contribution in [0.4, 0.5) is 16.2 Å². The molecule has 11 heteroatoms. The molecule has 132 valence electrons. The van der Waals surface area contributed by atoms with Gasteiger partial charge >= 0.3 is 5.97 Å². The first kappa shape index (κ1) is 16.8. The van der Waals surface area contributed by atoms with Gasteiger partial charge in [-0.1, -0.05) is 0 Å². The van der Waals surface area contributed by atoms with Gasteiger partial charge in [-0.2, -0.15) is 4.98 Å². The minimum absolute atomic E-state index is 0.0270. The minimum atomic E-state index is -3.45. The summed E-state index contributed by atoms with van der Waals surface area (Å²) in [7, 11) is -1.93. The van der Waals surface area contributed by atoms with Crippen molar-refractivity contribution in [2.45, 2.75) is 0 Å². The Morgan fingerprint density at radius 1 is 1.46 bits per heavy atom. The van der Waals surface area contributed by atoms with E-state index in [0.29, 0.717) is 6.54 Å². The number of aliphatic carboxylic acids is 1. The summed E-state index contributed by atoms with van der Waals surface area (Å²) in [5, 5.41) is 12.3. The first-order valence-corrected chi connectivity index (χ1v) is 9.16.